The molecule has 0 aliphatic rings. The summed E-state index contributed by atoms with van der Waals surface area (Å²) < 4.78 is 7.85. The smallest absolute Gasteiger partial charge is 0.265 e. The van der Waals surface area contributed by atoms with Crippen molar-refractivity contribution >= 4 is 34.0 Å². The number of fused-ring (bicyclic) bond motifs is 1. The van der Waals surface area contributed by atoms with Gasteiger partial charge in [0.1, 0.15) is 5.75 Å². The average Bonchev–Trinajstić information content (AvgIpc) is 3.40. The van der Waals surface area contributed by atoms with Gasteiger partial charge in [-0.25, -0.2) is 4.98 Å². The second-order valence-corrected chi connectivity index (χ2v) is 8.10. The van der Waals surface area contributed by atoms with Gasteiger partial charge < -0.3 is 14.6 Å². The maximum absolute atomic E-state index is 12.7. The predicted octanol–water partition coefficient (Wildman–Crippen LogP) is 6.22. The van der Waals surface area contributed by atoms with Gasteiger partial charge in [0.05, 0.1) is 27.4 Å². The van der Waals surface area contributed by atoms with Crippen molar-refractivity contribution in [3.63, 3.8) is 0 Å². The van der Waals surface area contributed by atoms with E-state index in [9.17, 15) is 4.79 Å². The van der Waals surface area contributed by atoms with Crippen LogP contribution < -0.4 is 10.1 Å². The first-order valence-corrected chi connectivity index (χ1v) is 11.1. The first-order chi connectivity index (χ1) is 14.7. The summed E-state index contributed by atoms with van der Waals surface area (Å²) >= 11 is 1.45. The number of benzene rings is 2. The molecule has 2 heterocycles. The number of aryl methyl sites for hydroxylation is 1. The maximum Gasteiger partial charge on any atom is 0.265 e. The van der Waals surface area contributed by atoms with Crippen LogP contribution in [0.3, 0.4) is 0 Å². The van der Waals surface area contributed by atoms with E-state index < -0.39 is 0 Å². The van der Waals surface area contributed by atoms with E-state index in [0.29, 0.717) is 11.5 Å². The number of hydrogen-bond donors (Lipinski definition) is 1. The van der Waals surface area contributed by atoms with E-state index in [2.05, 4.69) is 29.8 Å². The number of carbonyl (C=O) groups is 1. The summed E-state index contributed by atoms with van der Waals surface area (Å²) in [6.07, 6.45) is 2.14. The summed E-state index contributed by atoms with van der Waals surface area (Å²) in [7, 11) is 0. The third-order valence-corrected chi connectivity index (χ3v) is 5.98. The number of imidazole rings is 1. The molecule has 0 unspecified atom stereocenters. The second-order valence-electron chi connectivity index (χ2n) is 7.01. The molecule has 1 amide bonds. The van der Waals surface area contributed by atoms with Crippen molar-refractivity contribution in [3.8, 4) is 16.5 Å². The number of nitrogens with zero attached hydrogens (tertiary/aromatic N) is 2. The van der Waals surface area contributed by atoms with Crippen molar-refractivity contribution in [2.24, 2.45) is 0 Å². The van der Waals surface area contributed by atoms with E-state index in [1.807, 2.05) is 54.6 Å². The normalized spacial score (nSPS) is 11.0. The predicted molar refractivity (Wildman–Crippen MR) is 124 cm³/mol. The SMILES string of the molecule is CCCCOc1ccc(NC(=O)c2ccc(-c3nc4ccccc4n3CC)s2)cc1. The summed E-state index contributed by atoms with van der Waals surface area (Å²) in [4.78, 5) is 19.1. The van der Waals surface area contributed by atoms with Crippen LogP contribution in [-0.2, 0) is 6.54 Å². The molecular weight excluding hydrogens is 394 g/mol. The molecule has 154 valence electrons. The van der Waals surface area contributed by atoms with E-state index in [-0.39, 0.29) is 5.91 Å². The van der Waals surface area contributed by atoms with Crippen LogP contribution in [0, 0.1) is 0 Å². The van der Waals surface area contributed by atoms with E-state index in [4.69, 9.17) is 9.72 Å². The molecule has 0 saturated carbocycles. The van der Waals surface area contributed by atoms with Crippen LogP contribution in [0.25, 0.3) is 21.7 Å². The minimum Gasteiger partial charge on any atom is -0.494 e. The summed E-state index contributed by atoms with van der Waals surface area (Å²) in [5.41, 5.74) is 2.82. The zero-order valence-electron chi connectivity index (χ0n) is 17.2. The Bertz CT molecular complexity index is 1140. The molecule has 0 aliphatic carbocycles. The standard InChI is InChI=1S/C24H25N3O2S/c1-3-5-16-29-18-12-10-17(11-13-18)25-24(28)22-15-14-21(30-22)23-26-19-8-6-7-9-20(19)27(23)4-2/h6-15H,3-5,16H2,1-2H3,(H,25,28). The van der Waals surface area contributed by atoms with Gasteiger partial charge in [0.25, 0.3) is 5.91 Å². The van der Waals surface area contributed by atoms with Gasteiger partial charge in [-0.3, -0.25) is 4.79 Å². The Labute approximate surface area is 180 Å². The van der Waals surface area contributed by atoms with Gasteiger partial charge >= 0.3 is 0 Å². The molecule has 2 aromatic heterocycles. The maximum atomic E-state index is 12.7. The Morgan fingerprint density at radius 1 is 1.07 bits per heavy atom. The number of aromatic nitrogens is 2. The molecule has 6 heteroatoms. The molecule has 1 N–H and O–H groups in total. The first kappa shape index (κ1) is 20.2. The highest BCUT2D eigenvalue weighted by Crippen LogP contribution is 2.31. The number of rotatable bonds is 8. The largest absolute Gasteiger partial charge is 0.494 e. The first-order valence-electron chi connectivity index (χ1n) is 10.3. The minimum absolute atomic E-state index is 0.120. The lowest BCUT2D eigenvalue weighted by Gasteiger charge is -2.07. The Kier molecular flexibility index (Phi) is 6.14. The molecule has 0 spiro atoms. The third kappa shape index (κ3) is 4.24. The quantitative estimate of drug-likeness (QED) is 0.345. The molecular formula is C24H25N3O2S. The van der Waals surface area contributed by atoms with Gasteiger partial charge in [0.2, 0.25) is 0 Å². The number of carbonyl (C=O) groups excluding carboxylic acids is 1. The fourth-order valence-corrected chi connectivity index (χ4v) is 4.23. The topological polar surface area (TPSA) is 56.1 Å². The highest BCUT2D eigenvalue weighted by Gasteiger charge is 2.16. The van der Waals surface area contributed by atoms with Crippen LogP contribution in [0.4, 0.5) is 5.69 Å². The van der Waals surface area contributed by atoms with Crippen molar-refractivity contribution in [1.29, 1.82) is 0 Å². The van der Waals surface area contributed by atoms with Crippen molar-refractivity contribution in [1.82, 2.24) is 9.55 Å². The molecule has 0 radical (unpaired) electrons. The van der Waals surface area contributed by atoms with E-state index >= 15 is 0 Å². The number of para-hydroxylation sites is 2. The zero-order chi connectivity index (χ0) is 20.9. The van der Waals surface area contributed by atoms with Gasteiger partial charge in [-0.05, 0) is 61.9 Å². The van der Waals surface area contributed by atoms with Crippen LogP contribution in [0.1, 0.15) is 36.4 Å². The Morgan fingerprint density at radius 2 is 1.87 bits per heavy atom. The average molecular weight is 420 g/mol. The fraction of sp³-hybridized carbons (Fsp3) is 0.250. The number of hydrogen-bond acceptors (Lipinski definition) is 4. The molecule has 0 aliphatic heterocycles. The molecule has 4 aromatic rings. The van der Waals surface area contributed by atoms with Gasteiger partial charge in [0.15, 0.2) is 5.82 Å². The Hall–Kier alpha value is -3.12. The van der Waals surface area contributed by atoms with E-state index in [0.717, 1.165) is 52.6 Å². The molecule has 5 nitrogen and oxygen atoms in total. The molecule has 0 saturated heterocycles. The summed E-state index contributed by atoms with van der Waals surface area (Å²) in [5, 5.41) is 2.96. The van der Waals surface area contributed by atoms with Crippen LogP contribution >= 0.6 is 11.3 Å². The zero-order valence-corrected chi connectivity index (χ0v) is 18.0. The number of anilines is 1. The van der Waals surface area contributed by atoms with Crippen molar-refractivity contribution in [2.75, 3.05) is 11.9 Å². The Balaban J connectivity index is 1.48. The highest BCUT2D eigenvalue weighted by molar-refractivity contribution is 7.17. The van der Waals surface area contributed by atoms with Crippen molar-refractivity contribution in [2.45, 2.75) is 33.2 Å². The summed E-state index contributed by atoms with van der Waals surface area (Å²) in [6.45, 7) is 5.77. The van der Waals surface area contributed by atoms with Crippen LogP contribution in [-0.4, -0.2) is 22.1 Å². The number of amides is 1. The van der Waals surface area contributed by atoms with Gasteiger partial charge in [-0.2, -0.15) is 0 Å². The fourth-order valence-electron chi connectivity index (χ4n) is 3.33. The van der Waals surface area contributed by atoms with Gasteiger partial charge in [-0.1, -0.05) is 25.5 Å². The lowest BCUT2D eigenvalue weighted by molar-refractivity contribution is 0.103. The monoisotopic (exact) mass is 419 g/mol. The number of nitrogens with one attached hydrogen (secondary N) is 1. The van der Waals surface area contributed by atoms with Crippen LogP contribution in [0.15, 0.2) is 60.7 Å². The Morgan fingerprint density at radius 3 is 2.63 bits per heavy atom. The molecule has 4 rings (SSSR count). The van der Waals surface area contributed by atoms with Crippen molar-refractivity contribution in [3.05, 3.63) is 65.5 Å². The molecule has 30 heavy (non-hydrogen) atoms. The molecule has 2 aromatic carbocycles. The minimum atomic E-state index is -0.120. The number of ether oxygens (including phenoxy) is 1. The van der Waals surface area contributed by atoms with Crippen molar-refractivity contribution < 1.29 is 9.53 Å². The van der Waals surface area contributed by atoms with Crippen LogP contribution in [0.2, 0.25) is 0 Å². The van der Waals surface area contributed by atoms with Gasteiger partial charge in [-0.15, -0.1) is 11.3 Å². The van der Waals surface area contributed by atoms with E-state index in [1.165, 1.54) is 11.3 Å². The van der Waals surface area contributed by atoms with E-state index in [1.54, 1.807) is 0 Å². The summed E-state index contributed by atoms with van der Waals surface area (Å²) in [6, 6.07) is 19.4. The third-order valence-electron chi connectivity index (χ3n) is 4.90. The summed E-state index contributed by atoms with van der Waals surface area (Å²) in [5.74, 6) is 1.60. The highest BCUT2D eigenvalue weighted by atomic mass is 32.1. The number of unbranched alkanes of at least 4 members (excludes halogenated alkanes) is 1. The van der Waals surface area contributed by atoms with Gasteiger partial charge in [0, 0.05) is 12.2 Å². The lowest BCUT2D eigenvalue weighted by atomic mass is 10.3. The number of thiophene rings is 1. The second kappa shape index (κ2) is 9.13. The molecule has 0 bridgehead atoms. The lowest BCUT2D eigenvalue weighted by Crippen LogP contribution is -2.09. The molecule has 0 atom stereocenters. The van der Waals surface area contributed by atoms with Crippen LogP contribution in [0.5, 0.6) is 5.75 Å². The molecule has 0 fully saturated rings.